The van der Waals surface area contributed by atoms with Crippen LogP contribution in [0.15, 0.2) is 78.1 Å². The Kier molecular flexibility index (Phi) is 4.55. The van der Waals surface area contributed by atoms with Gasteiger partial charge in [0.05, 0.1) is 6.20 Å². The number of ether oxygens (including phenoxy) is 1. The number of fused-ring (bicyclic) bond motifs is 1. The fraction of sp³-hybridized carbons (Fsp3) is 0.0476. The van der Waals surface area contributed by atoms with E-state index in [1.165, 1.54) is 10.6 Å². The number of hydrogen-bond acceptors (Lipinski definition) is 5. The smallest absolute Gasteiger partial charge is 0.270 e. The summed E-state index contributed by atoms with van der Waals surface area (Å²) in [5.41, 5.74) is 1.42. The summed E-state index contributed by atoms with van der Waals surface area (Å²) in [5.74, 6) is 0.757. The molecule has 3 heterocycles. The van der Waals surface area contributed by atoms with Gasteiger partial charge in [0, 0.05) is 24.3 Å². The highest BCUT2D eigenvalue weighted by molar-refractivity contribution is 6.04. The van der Waals surface area contributed by atoms with Crippen molar-refractivity contribution in [3.05, 3.63) is 94.8 Å². The van der Waals surface area contributed by atoms with E-state index in [1.54, 1.807) is 61.1 Å². The fourth-order valence-electron chi connectivity index (χ4n) is 2.76. The Hall–Kier alpha value is -4.00. The first-order valence-corrected chi connectivity index (χ1v) is 8.58. The lowest BCUT2D eigenvalue weighted by atomic mass is 10.2. The molecule has 0 fully saturated rings. The Morgan fingerprint density at radius 1 is 1.11 bits per heavy atom. The van der Waals surface area contributed by atoms with Crippen molar-refractivity contribution in [2.75, 3.05) is 5.32 Å². The number of aryl methyl sites for hydroxylation is 1. The number of anilines is 1. The number of pyridine rings is 2. The molecule has 1 N–H and O–H groups in total. The molecule has 0 saturated heterocycles. The third-order valence-electron chi connectivity index (χ3n) is 4.15. The molecule has 3 aromatic heterocycles. The number of rotatable bonds is 4. The summed E-state index contributed by atoms with van der Waals surface area (Å²) in [7, 11) is 0. The molecule has 0 radical (unpaired) electrons. The zero-order valence-corrected chi connectivity index (χ0v) is 15.0. The topological polar surface area (TPSA) is 85.6 Å². The number of nitrogens with zero attached hydrogens (tertiary/aromatic N) is 3. The summed E-state index contributed by atoms with van der Waals surface area (Å²) >= 11 is 0. The summed E-state index contributed by atoms with van der Waals surface area (Å²) in [6, 6.07) is 14.0. The van der Waals surface area contributed by atoms with E-state index in [0.29, 0.717) is 22.8 Å². The molecule has 4 aromatic rings. The van der Waals surface area contributed by atoms with Crippen LogP contribution in [-0.4, -0.2) is 20.3 Å². The Morgan fingerprint density at radius 3 is 2.79 bits per heavy atom. The van der Waals surface area contributed by atoms with Crippen LogP contribution in [0.1, 0.15) is 15.9 Å². The molecule has 0 unspecified atom stereocenters. The molecule has 7 heteroatoms. The van der Waals surface area contributed by atoms with Crippen molar-refractivity contribution < 1.29 is 9.53 Å². The zero-order chi connectivity index (χ0) is 19.5. The van der Waals surface area contributed by atoms with Crippen molar-refractivity contribution in [3.63, 3.8) is 0 Å². The molecule has 1 amide bonds. The molecular weight excluding hydrogens is 356 g/mol. The second kappa shape index (κ2) is 7.32. The van der Waals surface area contributed by atoms with Gasteiger partial charge in [0.25, 0.3) is 11.5 Å². The summed E-state index contributed by atoms with van der Waals surface area (Å²) in [4.78, 5) is 33.3. The van der Waals surface area contributed by atoms with Crippen LogP contribution in [0.2, 0.25) is 0 Å². The largest absolute Gasteiger partial charge is 0.455 e. The molecule has 7 nitrogen and oxygen atoms in total. The summed E-state index contributed by atoms with van der Waals surface area (Å²) < 4.78 is 7.12. The summed E-state index contributed by atoms with van der Waals surface area (Å²) in [5, 5.41) is 2.74. The second-order valence-corrected chi connectivity index (χ2v) is 6.13. The molecule has 138 valence electrons. The summed E-state index contributed by atoms with van der Waals surface area (Å²) in [6.45, 7) is 1.87. The molecule has 4 rings (SSSR count). The number of hydrogen-bond donors (Lipinski definition) is 1. The van der Waals surface area contributed by atoms with Crippen molar-refractivity contribution in [3.8, 4) is 11.5 Å². The van der Waals surface area contributed by atoms with E-state index in [9.17, 15) is 9.59 Å². The van der Waals surface area contributed by atoms with Crippen molar-refractivity contribution in [2.24, 2.45) is 0 Å². The average molecular weight is 372 g/mol. The maximum atomic E-state index is 12.6. The molecule has 0 spiro atoms. The molecule has 0 aliphatic carbocycles. The second-order valence-electron chi connectivity index (χ2n) is 6.13. The first-order valence-electron chi connectivity index (χ1n) is 8.58. The first kappa shape index (κ1) is 17.4. The van der Waals surface area contributed by atoms with Crippen LogP contribution in [0, 0.1) is 6.92 Å². The minimum atomic E-state index is -0.518. The normalized spacial score (nSPS) is 10.6. The molecule has 0 atom stereocenters. The highest BCUT2D eigenvalue weighted by Gasteiger charge is 2.14. The van der Waals surface area contributed by atoms with Crippen molar-refractivity contribution in [1.29, 1.82) is 0 Å². The van der Waals surface area contributed by atoms with E-state index >= 15 is 0 Å². The SMILES string of the molecule is Cc1cc(NC(=O)c2cnc3ccccn3c2=O)ccc1Oc1cccnc1. The van der Waals surface area contributed by atoms with Gasteiger partial charge in [-0.2, -0.15) is 0 Å². The average Bonchev–Trinajstić information content (AvgIpc) is 2.71. The van der Waals surface area contributed by atoms with E-state index in [1.807, 2.05) is 13.0 Å². The molecule has 0 saturated carbocycles. The van der Waals surface area contributed by atoms with Gasteiger partial charge in [0.1, 0.15) is 22.7 Å². The maximum Gasteiger partial charge on any atom is 0.270 e. The molecule has 28 heavy (non-hydrogen) atoms. The van der Waals surface area contributed by atoms with Crippen molar-refractivity contribution in [2.45, 2.75) is 6.92 Å². The predicted molar refractivity (Wildman–Crippen MR) is 105 cm³/mol. The highest BCUT2D eigenvalue weighted by atomic mass is 16.5. The van der Waals surface area contributed by atoms with Crippen LogP contribution >= 0.6 is 0 Å². The van der Waals surface area contributed by atoms with E-state index in [-0.39, 0.29) is 5.56 Å². The molecule has 1 aromatic carbocycles. The van der Waals surface area contributed by atoms with Crippen LogP contribution in [0.25, 0.3) is 5.65 Å². The molecule has 0 bridgehead atoms. The van der Waals surface area contributed by atoms with E-state index in [4.69, 9.17) is 4.74 Å². The zero-order valence-electron chi connectivity index (χ0n) is 15.0. The standard InChI is InChI=1S/C21H16N4O3/c1-14-11-15(7-8-18(14)28-16-5-4-9-22-12-16)24-20(26)17-13-23-19-6-2-3-10-25(19)21(17)27/h2-13H,1H3,(H,24,26). The van der Waals surface area contributed by atoms with Crippen LogP contribution in [-0.2, 0) is 0 Å². The monoisotopic (exact) mass is 372 g/mol. The van der Waals surface area contributed by atoms with Crippen LogP contribution in [0.5, 0.6) is 11.5 Å². The minimum absolute atomic E-state index is 0.0305. The lowest BCUT2D eigenvalue weighted by Crippen LogP contribution is -2.26. The number of nitrogens with one attached hydrogen (secondary N) is 1. The van der Waals surface area contributed by atoms with Crippen molar-refractivity contribution >= 4 is 17.2 Å². The minimum Gasteiger partial charge on any atom is -0.455 e. The number of carbonyl (C=O) groups excluding carboxylic acids is 1. The van der Waals surface area contributed by atoms with Gasteiger partial charge in [-0.3, -0.25) is 19.0 Å². The lowest BCUT2D eigenvalue weighted by Gasteiger charge is -2.11. The molecule has 0 aliphatic rings. The van der Waals surface area contributed by atoms with Gasteiger partial charge in [-0.05, 0) is 55.0 Å². The quantitative estimate of drug-likeness (QED) is 0.593. The van der Waals surface area contributed by atoms with E-state index in [0.717, 1.165) is 5.56 Å². The molecule has 0 aliphatic heterocycles. The van der Waals surface area contributed by atoms with E-state index in [2.05, 4.69) is 15.3 Å². The Bertz CT molecular complexity index is 1220. The number of amides is 1. The fourth-order valence-corrected chi connectivity index (χ4v) is 2.76. The maximum absolute atomic E-state index is 12.6. The van der Waals surface area contributed by atoms with Gasteiger partial charge in [0.2, 0.25) is 0 Å². The van der Waals surface area contributed by atoms with E-state index < -0.39 is 11.5 Å². The Labute approximate surface area is 160 Å². The van der Waals surface area contributed by atoms with Gasteiger partial charge in [-0.1, -0.05) is 6.07 Å². The van der Waals surface area contributed by atoms with Crippen LogP contribution < -0.4 is 15.6 Å². The third kappa shape index (κ3) is 3.45. The van der Waals surface area contributed by atoms with Gasteiger partial charge < -0.3 is 10.1 Å². The predicted octanol–water partition coefficient (Wildman–Crippen LogP) is 3.44. The van der Waals surface area contributed by atoms with Crippen LogP contribution in [0.4, 0.5) is 5.69 Å². The number of aromatic nitrogens is 3. The molecular formula is C21H16N4O3. The summed E-state index contributed by atoms with van der Waals surface area (Å²) in [6.07, 6.45) is 6.16. The number of carbonyl (C=O) groups is 1. The Morgan fingerprint density at radius 2 is 2.00 bits per heavy atom. The highest BCUT2D eigenvalue weighted by Crippen LogP contribution is 2.26. The number of benzene rings is 1. The van der Waals surface area contributed by atoms with Gasteiger partial charge in [-0.25, -0.2) is 4.98 Å². The lowest BCUT2D eigenvalue weighted by molar-refractivity contribution is 0.102. The van der Waals surface area contributed by atoms with Gasteiger partial charge in [-0.15, -0.1) is 0 Å². The first-order chi connectivity index (χ1) is 13.6. The Balaban J connectivity index is 1.56. The van der Waals surface area contributed by atoms with Crippen LogP contribution in [0.3, 0.4) is 0 Å². The van der Waals surface area contributed by atoms with Gasteiger partial charge >= 0.3 is 0 Å². The third-order valence-corrected chi connectivity index (χ3v) is 4.15. The van der Waals surface area contributed by atoms with Gasteiger partial charge in [0.15, 0.2) is 0 Å². The van der Waals surface area contributed by atoms with Crippen molar-refractivity contribution in [1.82, 2.24) is 14.4 Å².